The summed E-state index contributed by atoms with van der Waals surface area (Å²) in [7, 11) is 0. The normalized spacial score (nSPS) is 34.5. The van der Waals surface area contributed by atoms with Gasteiger partial charge in [0.05, 0.1) is 12.2 Å². The van der Waals surface area contributed by atoms with Gasteiger partial charge in [-0.05, 0) is 75.0 Å². The van der Waals surface area contributed by atoms with Crippen molar-refractivity contribution in [2.24, 2.45) is 35.5 Å². The van der Waals surface area contributed by atoms with Crippen LogP contribution in [0.4, 0.5) is 0 Å². The minimum absolute atomic E-state index is 0.0249. The Morgan fingerprint density at radius 1 is 0.684 bits per heavy atom. The first kappa shape index (κ1) is 32.9. The van der Waals surface area contributed by atoms with Crippen LogP contribution in [0.5, 0.6) is 0 Å². The third-order valence-electron chi connectivity index (χ3n) is 10.1. The molecule has 0 amide bonds. The molecule has 0 aromatic heterocycles. The molecule has 8 unspecified atom stereocenters. The average molecular weight is 615 g/mol. The van der Waals surface area contributed by atoms with E-state index in [2.05, 4.69) is 0 Å². The van der Waals surface area contributed by atoms with Crippen molar-refractivity contribution < 1.29 is 19.8 Å². The molecule has 0 heterocycles. The Balaban J connectivity index is 0.000000211. The second kappa shape index (κ2) is 14.5. The summed E-state index contributed by atoms with van der Waals surface area (Å²) in [5.74, 6) is 2.41. The minimum Gasteiger partial charge on any atom is -0.393 e. The fraction of sp³-hybridized carbons (Fsp3) is 0.933. The van der Waals surface area contributed by atoms with Crippen LogP contribution in [-0.2, 0) is 9.59 Å². The fourth-order valence-corrected chi connectivity index (χ4v) is 9.02. The zero-order valence-corrected chi connectivity index (χ0v) is 26.2. The Hall–Kier alpha value is 0.420. The van der Waals surface area contributed by atoms with Crippen LogP contribution in [0.1, 0.15) is 117 Å². The largest absolute Gasteiger partial charge is 0.393 e. The summed E-state index contributed by atoms with van der Waals surface area (Å²) < 4.78 is -2.23. The second-order valence-electron chi connectivity index (χ2n) is 12.4. The van der Waals surface area contributed by atoms with Crippen molar-refractivity contribution in [1.82, 2.24) is 0 Å². The Morgan fingerprint density at radius 2 is 1.05 bits per heavy atom. The molecule has 2 N–H and O–H groups in total. The first-order valence-electron chi connectivity index (χ1n) is 15.1. The molecular weight excluding hydrogens is 566 g/mol. The lowest BCUT2D eigenvalue weighted by Crippen LogP contribution is -2.26. The van der Waals surface area contributed by atoms with E-state index in [9.17, 15) is 19.8 Å². The van der Waals surface area contributed by atoms with Crippen LogP contribution in [0.2, 0.25) is 0 Å². The van der Waals surface area contributed by atoms with Crippen LogP contribution in [0.15, 0.2) is 0 Å². The van der Waals surface area contributed by atoms with Crippen LogP contribution < -0.4 is 0 Å². The summed E-state index contributed by atoms with van der Waals surface area (Å²) >= 11 is 24.8. The minimum atomic E-state index is -1.11. The molecular formula is C30H48Cl4O4. The Kier molecular flexibility index (Phi) is 12.6. The highest BCUT2D eigenvalue weighted by Gasteiger charge is 2.58. The molecule has 4 saturated carbocycles. The molecule has 0 aromatic rings. The number of aliphatic hydroxyl groups excluding tert-OH is 2. The summed E-state index contributed by atoms with van der Waals surface area (Å²) in [5, 5.41) is 19.0. The zero-order valence-electron chi connectivity index (χ0n) is 23.2. The highest BCUT2D eigenvalue weighted by Crippen LogP contribution is 2.57. The summed E-state index contributed by atoms with van der Waals surface area (Å²) in [6.07, 6.45) is 15.3. The molecule has 8 atom stereocenters. The number of rotatable bonds is 12. The molecule has 4 nitrogen and oxygen atoms in total. The Labute approximate surface area is 249 Å². The summed E-state index contributed by atoms with van der Waals surface area (Å²) in [6.45, 7) is 4.02. The van der Waals surface area contributed by atoms with Crippen LogP contribution >= 0.6 is 46.4 Å². The number of Topliss-reactive ketones (excluding diaryl/α,β-unsaturated/α-hetero) is 2. The van der Waals surface area contributed by atoms with Crippen LogP contribution in [0, 0.1) is 35.5 Å². The van der Waals surface area contributed by atoms with Gasteiger partial charge in [0, 0.05) is 24.7 Å². The predicted octanol–water partition coefficient (Wildman–Crippen LogP) is 8.21. The zero-order chi connectivity index (χ0) is 28.1. The number of unbranched alkanes of at least 4 members (excludes halogenated alkanes) is 2. The van der Waals surface area contributed by atoms with Crippen molar-refractivity contribution in [3.63, 3.8) is 0 Å². The lowest BCUT2D eigenvalue weighted by atomic mass is 9.87. The van der Waals surface area contributed by atoms with Crippen molar-refractivity contribution in [1.29, 1.82) is 0 Å². The Bertz CT molecular complexity index is 724. The number of halogens is 4. The number of ketones is 2. The second-order valence-corrected chi connectivity index (χ2v) is 15.2. The smallest absolute Gasteiger partial charge is 0.178 e. The topological polar surface area (TPSA) is 74.6 Å². The lowest BCUT2D eigenvalue weighted by molar-refractivity contribution is -0.119. The van der Waals surface area contributed by atoms with Gasteiger partial charge in [-0.3, -0.25) is 9.59 Å². The third-order valence-corrected chi connectivity index (χ3v) is 12.1. The van der Waals surface area contributed by atoms with Crippen LogP contribution in [0.3, 0.4) is 0 Å². The summed E-state index contributed by atoms with van der Waals surface area (Å²) in [4.78, 5) is 23.6. The molecule has 0 aromatic carbocycles. The molecule has 0 aliphatic heterocycles. The predicted molar refractivity (Wildman–Crippen MR) is 157 cm³/mol. The molecule has 8 heteroatoms. The van der Waals surface area contributed by atoms with E-state index in [1.54, 1.807) is 0 Å². The van der Waals surface area contributed by atoms with Gasteiger partial charge in [0.15, 0.2) is 20.2 Å². The van der Waals surface area contributed by atoms with Gasteiger partial charge in [-0.15, -0.1) is 0 Å². The number of alkyl halides is 4. The van der Waals surface area contributed by atoms with Crippen molar-refractivity contribution in [3.8, 4) is 0 Å². The Morgan fingerprint density at radius 3 is 1.39 bits per heavy atom. The SMILES string of the molecule is CCC(O)CCCCC1CCC2C1CC(=O)C2(Cl)Cl.CCC(O)CCCCC1CCC2C1CC(=O)C2(Cl)Cl. The summed E-state index contributed by atoms with van der Waals surface area (Å²) in [5.41, 5.74) is 0. The van der Waals surface area contributed by atoms with Crippen LogP contribution in [0.25, 0.3) is 0 Å². The maximum atomic E-state index is 11.8. The van der Waals surface area contributed by atoms with E-state index in [0.717, 1.165) is 89.9 Å². The van der Waals surface area contributed by atoms with E-state index in [-0.39, 0.29) is 35.6 Å². The van der Waals surface area contributed by atoms with Gasteiger partial charge in [-0.2, -0.15) is 0 Å². The maximum absolute atomic E-state index is 11.8. The van der Waals surface area contributed by atoms with Gasteiger partial charge in [-0.25, -0.2) is 0 Å². The monoisotopic (exact) mass is 612 g/mol. The van der Waals surface area contributed by atoms with Crippen LogP contribution in [-0.4, -0.2) is 42.7 Å². The van der Waals surface area contributed by atoms with E-state index < -0.39 is 8.67 Å². The van der Waals surface area contributed by atoms with Crippen molar-refractivity contribution in [2.75, 3.05) is 0 Å². The maximum Gasteiger partial charge on any atom is 0.178 e. The van der Waals surface area contributed by atoms with Crippen molar-refractivity contribution in [3.05, 3.63) is 0 Å². The number of aliphatic hydroxyl groups is 2. The molecule has 38 heavy (non-hydrogen) atoms. The number of hydrogen-bond donors (Lipinski definition) is 2. The van der Waals surface area contributed by atoms with E-state index >= 15 is 0 Å². The average Bonchev–Trinajstić information content (AvgIpc) is 3.59. The van der Waals surface area contributed by atoms with Gasteiger partial charge in [-0.1, -0.05) is 98.8 Å². The third kappa shape index (κ3) is 7.82. The molecule has 4 fully saturated rings. The van der Waals surface area contributed by atoms with Gasteiger partial charge in [0.2, 0.25) is 0 Å². The first-order chi connectivity index (χ1) is 17.9. The molecule has 0 radical (unpaired) electrons. The van der Waals surface area contributed by atoms with Crippen molar-refractivity contribution in [2.45, 2.75) is 137 Å². The molecule has 0 bridgehead atoms. The molecule has 4 aliphatic carbocycles. The van der Waals surface area contributed by atoms with E-state index in [1.807, 2.05) is 13.8 Å². The van der Waals surface area contributed by atoms with E-state index in [1.165, 1.54) is 0 Å². The fourth-order valence-electron chi connectivity index (χ4n) is 7.63. The molecule has 0 saturated heterocycles. The lowest BCUT2D eigenvalue weighted by Gasteiger charge is -2.21. The van der Waals surface area contributed by atoms with E-state index in [0.29, 0.717) is 36.5 Å². The molecule has 0 spiro atoms. The molecule has 220 valence electrons. The number of hydrogen-bond acceptors (Lipinski definition) is 4. The van der Waals surface area contributed by atoms with Crippen molar-refractivity contribution >= 4 is 58.0 Å². The highest BCUT2D eigenvalue weighted by molar-refractivity contribution is 6.59. The standard InChI is InChI=1S/2C15H24Cl2O2/c2*1-2-11(18)6-4-3-5-10-7-8-13-12(10)9-14(19)15(13,16)17/h2*10-13,18H,2-9H2,1H3. The van der Waals surface area contributed by atoms with Gasteiger partial charge < -0.3 is 10.2 Å². The molecule has 4 aliphatic rings. The van der Waals surface area contributed by atoms with Gasteiger partial charge in [0.25, 0.3) is 0 Å². The number of carbonyl (C=O) groups is 2. The number of carbonyl (C=O) groups excluding carboxylic acids is 2. The van der Waals surface area contributed by atoms with Gasteiger partial charge >= 0.3 is 0 Å². The van der Waals surface area contributed by atoms with Gasteiger partial charge in [0.1, 0.15) is 0 Å². The highest BCUT2D eigenvalue weighted by atomic mass is 35.5. The number of fused-ring (bicyclic) bond motifs is 2. The molecule has 4 rings (SSSR count). The van der Waals surface area contributed by atoms with E-state index in [4.69, 9.17) is 46.4 Å². The summed E-state index contributed by atoms with van der Waals surface area (Å²) in [6, 6.07) is 0. The first-order valence-corrected chi connectivity index (χ1v) is 16.6. The quantitative estimate of drug-likeness (QED) is 0.172.